The van der Waals surface area contributed by atoms with Crippen LogP contribution >= 0.6 is 0 Å². The summed E-state index contributed by atoms with van der Waals surface area (Å²) < 4.78 is 6.59. The SMILES string of the molecule is C[Si](C)(C)C#CC(C#C[Si](C)(C)C)(/C=C/c1ccccc1)O[Si](C)(C)C. The van der Waals surface area contributed by atoms with Gasteiger partial charge in [0.25, 0.3) is 0 Å². The summed E-state index contributed by atoms with van der Waals surface area (Å²) in [6, 6.07) is 10.3. The molecule has 0 atom stereocenters. The molecule has 4 heteroatoms. The molecule has 1 aromatic carbocycles. The lowest BCUT2D eigenvalue weighted by Gasteiger charge is -2.29. The normalized spacial score (nSPS) is 13.0. The van der Waals surface area contributed by atoms with Crippen LogP contribution in [0.3, 0.4) is 0 Å². The van der Waals surface area contributed by atoms with Crippen molar-refractivity contribution in [3.05, 3.63) is 42.0 Å². The molecule has 0 unspecified atom stereocenters. The highest BCUT2D eigenvalue weighted by atomic mass is 28.4. The van der Waals surface area contributed by atoms with Gasteiger partial charge in [0, 0.05) is 0 Å². The first-order chi connectivity index (χ1) is 11.7. The van der Waals surface area contributed by atoms with Gasteiger partial charge in [-0.25, -0.2) is 0 Å². The lowest BCUT2D eigenvalue weighted by atomic mass is 10.0. The molecule has 0 N–H and O–H groups in total. The molecule has 0 aliphatic carbocycles. The van der Waals surface area contributed by atoms with Crippen LogP contribution in [0.4, 0.5) is 0 Å². The fraction of sp³-hybridized carbons (Fsp3) is 0.455. The highest BCUT2D eigenvalue weighted by molar-refractivity contribution is 6.84. The van der Waals surface area contributed by atoms with Crippen LogP contribution < -0.4 is 0 Å². The molecule has 1 rings (SSSR count). The van der Waals surface area contributed by atoms with Gasteiger partial charge in [0.05, 0.1) is 0 Å². The van der Waals surface area contributed by atoms with Gasteiger partial charge in [-0.2, -0.15) is 0 Å². The first kappa shape index (κ1) is 22.7. The maximum absolute atomic E-state index is 6.59. The summed E-state index contributed by atoms with van der Waals surface area (Å²) in [5.74, 6) is 6.92. The van der Waals surface area contributed by atoms with E-state index in [1.165, 1.54) is 0 Å². The Labute approximate surface area is 164 Å². The third-order valence-electron chi connectivity index (χ3n) is 3.02. The van der Waals surface area contributed by atoms with Crippen LogP contribution in [0.25, 0.3) is 6.08 Å². The van der Waals surface area contributed by atoms with Crippen molar-refractivity contribution in [1.82, 2.24) is 0 Å². The fourth-order valence-corrected chi connectivity index (χ4v) is 4.28. The zero-order chi connectivity index (χ0) is 20.1. The Bertz CT molecular complexity index is 705. The topological polar surface area (TPSA) is 9.23 Å². The van der Waals surface area contributed by atoms with Crippen LogP contribution in [-0.2, 0) is 4.43 Å². The molecule has 0 saturated heterocycles. The number of hydrogen-bond acceptors (Lipinski definition) is 1. The second-order valence-corrected chi connectivity index (χ2v) is 23.6. The van der Waals surface area contributed by atoms with Crippen LogP contribution in [-0.4, -0.2) is 30.1 Å². The molecule has 1 aromatic rings. The minimum Gasteiger partial charge on any atom is -0.389 e. The zero-order valence-corrected chi connectivity index (χ0v) is 20.9. The molecule has 0 radical (unpaired) electrons. The summed E-state index contributed by atoms with van der Waals surface area (Å²) >= 11 is 0. The van der Waals surface area contributed by atoms with E-state index in [0.29, 0.717) is 0 Å². The Morgan fingerprint density at radius 1 is 0.769 bits per heavy atom. The number of benzene rings is 1. The second-order valence-electron chi connectivity index (χ2n) is 9.69. The number of rotatable bonds is 4. The van der Waals surface area contributed by atoms with Crippen molar-refractivity contribution in [2.45, 2.75) is 64.5 Å². The van der Waals surface area contributed by atoms with Gasteiger partial charge >= 0.3 is 0 Å². The van der Waals surface area contributed by atoms with Crippen molar-refractivity contribution in [3.63, 3.8) is 0 Å². The van der Waals surface area contributed by atoms with Gasteiger partial charge in [0.2, 0.25) is 0 Å². The molecule has 0 aliphatic heterocycles. The minimum absolute atomic E-state index is 0.819. The fourth-order valence-electron chi connectivity index (χ4n) is 2.02. The molecule has 0 spiro atoms. The van der Waals surface area contributed by atoms with Crippen molar-refractivity contribution < 1.29 is 4.43 Å². The molecule has 0 fully saturated rings. The van der Waals surface area contributed by atoms with Gasteiger partial charge in [-0.15, -0.1) is 11.1 Å². The summed E-state index contributed by atoms with van der Waals surface area (Å²) in [4.78, 5) is 0. The standard InChI is InChI=1S/C22H34OSi3/c1-24(2,3)19-17-22(23-26(7,8)9,18-20-25(4,5)6)16-15-21-13-11-10-12-14-21/h10-16H,1-9H3/b16-15+. The van der Waals surface area contributed by atoms with Gasteiger partial charge in [-0.1, -0.05) is 87.5 Å². The molecule has 1 nitrogen and oxygen atoms in total. The van der Waals surface area contributed by atoms with Crippen molar-refractivity contribution in [3.8, 4) is 22.9 Å². The van der Waals surface area contributed by atoms with E-state index >= 15 is 0 Å². The van der Waals surface area contributed by atoms with Crippen LogP contribution in [0.5, 0.6) is 0 Å². The van der Waals surface area contributed by atoms with E-state index in [4.69, 9.17) is 4.43 Å². The van der Waals surface area contributed by atoms with Gasteiger partial charge in [0.15, 0.2) is 13.9 Å². The summed E-state index contributed by atoms with van der Waals surface area (Å²) in [6.45, 7) is 20.1. The molecule has 0 saturated carbocycles. The smallest absolute Gasteiger partial charge is 0.199 e. The Kier molecular flexibility index (Phi) is 7.51. The lowest BCUT2D eigenvalue weighted by molar-refractivity contribution is 0.235. The Morgan fingerprint density at radius 3 is 1.62 bits per heavy atom. The molecule has 140 valence electrons. The minimum atomic E-state index is -1.85. The largest absolute Gasteiger partial charge is 0.389 e. The average molecular weight is 399 g/mol. The van der Waals surface area contributed by atoms with E-state index in [0.717, 1.165) is 5.56 Å². The molecule has 26 heavy (non-hydrogen) atoms. The molecule has 0 aromatic heterocycles. The van der Waals surface area contributed by atoms with Crippen molar-refractivity contribution in [1.29, 1.82) is 0 Å². The van der Waals surface area contributed by atoms with E-state index in [2.05, 4.69) is 106 Å². The third-order valence-corrected chi connectivity index (χ3v) is 5.71. The number of hydrogen-bond donors (Lipinski definition) is 0. The van der Waals surface area contributed by atoms with Gasteiger partial charge in [0.1, 0.15) is 16.1 Å². The second kappa shape index (κ2) is 8.59. The quantitative estimate of drug-likeness (QED) is 0.443. The monoisotopic (exact) mass is 398 g/mol. The maximum atomic E-state index is 6.59. The van der Waals surface area contributed by atoms with Crippen LogP contribution in [0, 0.1) is 22.9 Å². The Morgan fingerprint density at radius 2 is 1.23 bits per heavy atom. The van der Waals surface area contributed by atoms with Crippen LogP contribution in [0.2, 0.25) is 58.9 Å². The van der Waals surface area contributed by atoms with E-state index in [-0.39, 0.29) is 0 Å². The Hall–Kier alpha value is -1.31. The molecular formula is C22H34OSi3. The predicted octanol–water partition coefficient (Wildman–Crippen LogP) is 6.05. The van der Waals surface area contributed by atoms with E-state index in [1.54, 1.807) is 0 Å². The van der Waals surface area contributed by atoms with Crippen molar-refractivity contribution >= 4 is 30.5 Å². The molecule has 0 amide bonds. The predicted molar refractivity (Wildman–Crippen MR) is 125 cm³/mol. The molecule has 0 bridgehead atoms. The summed E-state index contributed by atoms with van der Waals surface area (Å²) in [5, 5.41) is 0. The zero-order valence-electron chi connectivity index (χ0n) is 17.9. The first-order valence-electron chi connectivity index (χ1n) is 9.23. The van der Waals surface area contributed by atoms with E-state index in [1.807, 2.05) is 18.2 Å². The van der Waals surface area contributed by atoms with Crippen molar-refractivity contribution in [2.24, 2.45) is 0 Å². The highest BCUT2D eigenvalue weighted by Crippen LogP contribution is 2.21. The summed E-state index contributed by atoms with van der Waals surface area (Å²) in [5.41, 5.74) is 7.33. The Balaban J connectivity index is 3.52. The summed E-state index contributed by atoms with van der Waals surface area (Å²) in [7, 11) is -4.93. The average Bonchev–Trinajstić information content (AvgIpc) is 2.47. The molecule has 0 aliphatic rings. The van der Waals surface area contributed by atoms with Gasteiger partial charge in [-0.3, -0.25) is 0 Å². The van der Waals surface area contributed by atoms with E-state index in [9.17, 15) is 0 Å². The summed E-state index contributed by atoms with van der Waals surface area (Å²) in [6.07, 6.45) is 4.17. The third kappa shape index (κ3) is 9.99. The maximum Gasteiger partial charge on any atom is 0.199 e. The van der Waals surface area contributed by atoms with Crippen LogP contribution in [0.1, 0.15) is 5.56 Å². The lowest BCUT2D eigenvalue weighted by Crippen LogP contribution is -2.40. The van der Waals surface area contributed by atoms with E-state index < -0.39 is 30.1 Å². The van der Waals surface area contributed by atoms with Gasteiger partial charge in [-0.05, 0) is 31.3 Å². The first-order valence-corrected chi connectivity index (χ1v) is 19.6. The molecular weight excluding hydrogens is 364 g/mol. The molecule has 0 heterocycles. The highest BCUT2D eigenvalue weighted by Gasteiger charge is 2.31. The van der Waals surface area contributed by atoms with Crippen LogP contribution in [0.15, 0.2) is 36.4 Å². The van der Waals surface area contributed by atoms with Gasteiger partial charge < -0.3 is 4.43 Å². The van der Waals surface area contributed by atoms with Crippen molar-refractivity contribution in [2.75, 3.05) is 0 Å².